The highest BCUT2D eigenvalue weighted by atomic mass is 79.9. The Morgan fingerprint density at radius 1 is 1.50 bits per heavy atom. The van der Waals surface area contributed by atoms with E-state index >= 15 is 0 Å². The molecule has 0 aliphatic heterocycles. The lowest BCUT2D eigenvalue weighted by Crippen LogP contribution is -2.49. The number of hydrogen-bond acceptors (Lipinski definition) is 2. The molecule has 3 N–H and O–H groups in total. The first-order valence-corrected chi connectivity index (χ1v) is 6.54. The molecular weight excluding hydrogens is 318 g/mol. The predicted octanol–water partition coefficient (Wildman–Crippen LogP) is 3.39. The van der Waals surface area contributed by atoms with Gasteiger partial charge >= 0.3 is 5.97 Å². The van der Waals surface area contributed by atoms with Crippen LogP contribution in [0.25, 0.3) is 0 Å². The van der Waals surface area contributed by atoms with Crippen molar-refractivity contribution in [1.29, 1.82) is 0 Å². The largest absolute Gasteiger partial charge is 0.480 e. The van der Waals surface area contributed by atoms with Crippen LogP contribution in [0.5, 0.6) is 0 Å². The fourth-order valence-electron chi connectivity index (χ4n) is 1.77. The lowest BCUT2D eigenvalue weighted by molar-refractivity contribution is -0.143. The van der Waals surface area contributed by atoms with E-state index in [0.29, 0.717) is 12.8 Å². The molecule has 0 aromatic heterocycles. The lowest BCUT2D eigenvalue weighted by atomic mass is 9.87. The summed E-state index contributed by atoms with van der Waals surface area (Å²) in [5.74, 6) is -0.925. The van der Waals surface area contributed by atoms with E-state index in [4.69, 9.17) is 5.73 Å². The van der Waals surface area contributed by atoms with E-state index in [-0.39, 0.29) is 12.4 Å². The average molecular weight is 337 g/mol. The molecule has 0 fully saturated rings. The highest BCUT2D eigenvalue weighted by Crippen LogP contribution is 2.20. The van der Waals surface area contributed by atoms with Gasteiger partial charge in [0, 0.05) is 10.9 Å². The average Bonchev–Trinajstić information content (AvgIpc) is 2.26. The van der Waals surface area contributed by atoms with E-state index in [1.165, 1.54) is 0 Å². The maximum absolute atomic E-state index is 11.3. The smallest absolute Gasteiger partial charge is 0.324 e. The molecule has 1 aromatic carbocycles. The molecule has 1 rings (SSSR count). The van der Waals surface area contributed by atoms with Crippen molar-refractivity contribution < 1.29 is 9.90 Å². The molecule has 0 bridgehead atoms. The van der Waals surface area contributed by atoms with Gasteiger partial charge in [-0.2, -0.15) is 0 Å². The van der Waals surface area contributed by atoms with Gasteiger partial charge in [0.15, 0.2) is 0 Å². The Morgan fingerprint density at radius 3 is 2.67 bits per heavy atom. The summed E-state index contributed by atoms with van der Waals surface area (Å²) >= 11 is 3.37. The van der Waals surface area contributed by atoms with Crippen LogP contribution in [0.1, 0.15) is 31.7 Å². The number of hydrogen-bond donors (Lipinski definition) is 2. The molecule has 0 saturated heterocycles. The topological polar surface area (TPSA) is 63.3 Å². The molecule has 0 saturated carbocycles. The minimum atomic E-state index is -1.16. The van der Waals surface area contributed by atoms with Crippen LogP contribution in [0.2, 0.25) is 0 Å². The van der Waals surface area contributed by atoms with Crippen LogP contribution in [-0.4, -0.2) is 16.6 Å². The normalized spacial score (nSPS) is 13.5. The highest BCUT2D eigenvalue weighted by Gasteiger charge is 2.33. The zero-order valence-electron chi connectivity index (χ0n) is 10.4. The number of nitrogens with two attached hydrogens (primary N) is 1. The van der Waals surface area contributed by atoms with Gasteiger partial charge in [-0.3, -0.25) is 4.79 Å². The third-order valence-electron chi connectivity index (χ3n) is 2.81. The first-order valence-electron chi connectivity index (χ1n) is 5.74. The van der Waals surface area contributed by atoms with Crippen molar-refractivity contribution in [3.8, 4) is 0 Å². The van der Waals surface area contributed by atoms with Gasteiger partial charge in [-0.1, -0.05) is 47.8 Å². The minimum absolute atomic E-state index is 0. The first kappa shape index (κ1) is 17.4. The van der Waals surface area contributed by atoms with Gasteiger partial charge in [0.05, 0.1) is 0 Å². The van der Waals surface area contributed by atoms with Gasteiger partial charge in [-0.15, -0.1) is 12.4 Å². The summed E-state index contributed by atoms with van der Waals surface area (Å²) in [4.78, 5) is 11.3. The number of carboxylic acids is 1. The zero-order valence-corrected chi connectivity index (χ0v) is 12.8. The standard InChI is InChI=1S/C13H18BrNO2.ClH/c1-2-3-7-13(15,12(16)17)9-10-5-4-6-11(14)8-10;/h4-6,8H,2-3,7,9,15H2,1H3,(H,16,17);1H/t13-;/m0./s1. The van der Waals surface area contributed by atoms with Crippen LogP contribution < -0.4 is 5.73 Å². The molecule has 0 spiro atoms. The van der Waals surface area contributed by atoms with Gasteiger partial charge in [0.2, 0.25) is 0 Å². The quantitative estimate of drug-likeness (QED) is 0.837. The fraction of sp³-hybridized carbons (Fsp3) is 0.462. The van der Waals surface area contributed by atoms with Crippen LogP contribution in [0.4, 0.5) is 0 Å². The first-order chi connectivity index (χ1) is 7.98. The second-order valence-corrected chi connectivity index (χ2v) is 5.29. The number of carboxylic acid groups (broad SMARTS) is 1. The van der Waals surface area contributed by atoms with E-state index in [9.17, 15) is 9.90 Å². The fourth-order valence-corrected chi connectivity index (χ4v) is 2.22. The molecule has 1 aromatic rings. The minimum Gasteiger partial charge on any atom is -0.480 e. The van der Waals surface area contributed by atoms with Gasteiger partial charge in [0.1, 0.15) is 5.54 Å². The number of benzene rings is 1. The van der Waals surface area contributed by atoms with E-state index in [1.54, 1.807) is 0 Å². The molecule has 0 amide bonds. The zero-order chi connectivity index (χ0) is 12.9. The number of aliphatic carboxylic acids is 1. The molecule has 18 heavy (non-hydrogen) atoms. The van der Waals surface area contributed by atoms with Gasteiger partial charge < -0.3 is 10.8 Å². The monoisotopic (exact) mass is 335 g/mol. The van der Waals surface area contributed by atoms with Crippen molar-refractivity contribution in [1.82, 2.24) is 0 Å². The SMILES string of the molecule is CCCC[C@](N)(Cc1cccc(Br)c1)C(=O)O.Cl. The molecule has 3 nitrogen and oxygen atoms in total. The second kappa shape index (κ2) is 7.77. The van der Waals surface area contributed by atoms with Crippen molar-refractivity contribution in [2.75, 3.05) is 0 Å². The predicted molar refractivity (Wildman–Crippen MR) is 79.2 cm³/mol. The lowest BCUT2D eigenvalue weighted by Gasteiger charge is -2.24. The van der Waals surface area contributed by atoms with E-state index in [0.717, 1.165) is 22.9 Å². The third-order valence-corrected chi connectivity index (χ3v) is 3.30. The highest BCUT2D eigenvalue weighted by molar-refractivity contribution is 9.10. The van der Waals surface area contributed by atoms with Crippen LogP contribution in [-0.2, 0) is 11.2 Å². The number of rotatable bonds is 6. The molecule has 0 aliphatic rings. The summed E-state index contributed by atoms with van der Waals surface area (Å²) in [6.45, 7) is 2.03. The molecule has 0 unspecified atom stereocenters. The summed E-state index contributed by atoms with van der Waals surface area (Å²) in [7, 11) is 0. The molecule has 1 atom stereocenters. The van der Waals surface area contributed by atoms with E-state index in [1.807, 2.05) is 31.2 Å². The van der Waals surface area contributed by atoms with Crippen molar-refractivity contribution in [2.45, 2.75) is 38.1 Å². The van der Waals surface area contributed by atoms with Gasteiger partial charge in [-0.05, 0) is 24.1 Å². The van der Waals surface area contributed by atoms with E-state index in [2.05, 4.69) is 15.9 Å². The molecule has 102 valence electrons. The Bertz CT molecular complexity index is 400. The van der Waals surface area contributed by atoms with Gasteiger partial charge in [-0.25, -0.2) is 0 Å². The van der Waals surface area contributed by atoms with Crippen molar-refractivity contribution in [3.05, 3.63) is 34.3 Å². The summed E-state index contributed by atoms with van der Waals surface area (Å²) in [6.07, 6.45) is 2.65. The Kier molecular flexibility index (Phi) is 7.52. The van der Waals surface area contributed by atoms with Crippen LogP contribution in [0, 0.1) is 0 Å². The molecular formula is C13H19BrClNO2. The molecule has 5 heteroatoms. The summed E-state index contributed by atoms with van der Waals surface area (Å²) in [6, 6.07) is 7.62. The summed E-state index contributed by atoms with van der Waals surface area (Å²) in [5.41, 5.74) is 5.78. The van der Waals surface area contributed by atoms with Crippen molar-refractivity contribution >= 4 is 34.3 Å². The Labute approximate surface area is 122 Å². The maximum atomic E-state index is 11.3. The maximum Gasteiger partial charge on any atom is 0.324 e. The molecule has 0 aliphatic carbocycles. The third kappa shape index (κ3) is 4.96. The number of carbonyl (C=O) groups is 1. The Balaban J connectivity index is 0.00000289. The van der Waals surface area contributed by atoms with Crippen LogP contribution >= 0.6 is 28.3 Å². The van der Waals surface area contributed by atoms with Crippen molar-refractivity contribution in [2.24, 2.45) is 5.73 Å². The molecule has 0 radical (unpaired) electrons. The summed E-state index contributed by atoms with van der Waals surface area (Å²) in [5, 5.41) is 9.25. The number of unbranched alkanes of at least 4 members (excludes halogenated alkanes) is 1. The van der Waals surface area contributed by atoms with Crippen LogP contribution in [0.15, 0.2) is 28.7 Å². The second-order valence-electron chi connectivity index (χ2n) is 4.37. The Morgan fingerprint density at radius 2 is 2.17 bits per heavy atom. The molecule has 0 heterocycles. The number of halogens is 2. The van der Waals surface area contributed by atoms with Crippen molar-refractivity contribution in [3.63, 3.8) is 0 Å². The van der Waals surface area contributed by atoms with Gasteiger partial charge in [0.25, 0.3) is 0 Å². The van der Waals surface area contributed by atoms with Crippen LogP contribution in [0.3, 0.4) is 0 Å². The van der Waals surface area contributed by atoms with E-state index < -0.39 is 11.5 Å². The summed E-state index contributed by atoms with van der Waals surface area (Å²) < 4.78 is 0.943. The Hall–Kier alpha value is -0.580.